The monoisotopic (exact) mass is 181 g/mol. The second-order valence-electron chi connectivity index (χ2n) is 3.57. The first-order valence-corrected chi connectivity index (χ1v) is 4.64. The zero-order valence-electron chi connectivity index (χ0n) is 7.86. The SMILES string of the molecule is CN(CC1CCOC1)c1cn[nH]c1. The zero-order valence-corrected chi connectivity index (χ0v) is 7.86. The lowest BCUT2D eigenvalue weighted by atomic mass is 10.1. The summed E-state index contributed by atoms with van der Waals surface area (Å²) in [4.78, 5) is 2.21. The Balaban J connectivity index is 1.87. The van der Waals surface area contributed by atoms with Crippen molar-refractivity contribution >= 4 is 5.69 Å². The van der Waals surface area contributed by atoms with E-state index < -0.39 is 0 Å². The summed E-state index contributed by atoms with van der Waals surface area (Å²) in [7, 11) is 2.09. The molecule has 0 aromatic carbocycles. The van der Waals surface area contributed by atoms with Gasteiger partial charge in [-0.15, -0.1) is 0 Å². The highest BCUT2D eigenvalue weighted by molar-refractivity contribution is 5.40. The van der Waals surface area contributed by atoms with Gasteiger partial charge in [0.05, 0.1) is 18.5 Å². The molecular formula is C9H15N3O. The molecule has 1 unspecified atom stereocenters. The third-order valence-electron chi connectivity index (χ3n) is 2.48. The van der Waals surface area contributed by atoms with Gasteiger partial charge < -0.3 is 9.64 Å². The predicted molar refractivity (Wildman–Crippen MR) is 50.8 cm³/mol. The molecule has 1 aliphatic heterocycles. The average molecular weight is 181 g/mol. The second kappa shape index (κ2) is 3.79. The topological polar surface area (TPSA) is 41.1 Å². The van der Waals surface area contributed by atoms with Crippen molar-refractivity contribution in [3.8, 4) is 0 Å². The van der Waals surface area contributed by atoms with Gasteiger partial charge in [0.25, 0.3) is 0 Å². The van der Waals surface area contributed by atoms with Crippen LogP contribution in [0.25, 0.3) is 0 Å². The van der Waals surface area contributed by atoms with E-state index in [1.165, 1.54) is 6.42 Å². The third-order valence-corrected chi connectivity index (χ3v) is 2.48. The summed E-state index contributed by atoms with van der Waals surface area (Å²) in [6, 6.07) is 0. The first-order chi connectivity index (χ1) is 6.36. The Morgan fingerprint density at radius 3 is 3.31 bits per heavy atom. The molecular weight excluding hydrogens is 166 g/mol. The van der Waals surface area contributed by atoms with Crippen molar-refractivity contribution in [1.29, 1.82) is 0 Å². The quantitative estimate of drug-likeness (QED) is 0.752. The molecule has 4 nitrogen and oxygen atoms in total. The van der Waals surface area contributed by atoms with Gasteiger partial charge in [-0.25, -0.2) is 0 Å². The number of ether oxygens (including phenoxy) is 1. The van der Waals surface area contributed by atoms with Crippen LogP contribution in [0.15, 0.2) is 12.4 Å². The Kier molecular flexibility index (Phi) is 2.49. The van der Waals surface area contributed by atoms with Gasteiger partial charge in [-0.2, -0.15) is 5.10 Å². The molecule has 1 aromatic rings. The minimum atomic E-state index is 0.680. The number of rotatable bonds is 3. The highest BCUT2D eigenvalue weighted by atomic mass is 16.5. The number of aromatic amines is 1. The number of hydrogen-bond acceptors (Lipinski definition) is 3. The molecule has 2 rings (SSSR count). The van der Waals surface area contributed by atoms with E-state index in [0.29, 0.717) is 5.92 Å². The van der Waals surface area contributed by atoms with Gasteiger partial charge in [0.2, 0.25) is 0 Å². The van der Waals surface area contributed by atoms with Crippen LogP contribution in [0.1, 0.15) is 6.42 Å². The minimum Gasteiger partial charge on any atom is -0.381 e. The number of aromatic nitrogens is 2. The van der Waals surface area contributed by atoms with Crippen molar-refractivity contribution in [3.63, 3.8) is 0 Å². The van der Waals surface area contributed by atoms with E-state index in [9.17, 15) is 0 Å². The van der Waals surface area contributed by atoms with Crippen LogP contribution in [0.2, 0.25) is 0 Å². The van der Waals surface area contributed by atoms with E-state index in [-0.39, 0.29) is 0 Å². The predicted octanol–water partition coefficient (Wildman–Crippen LogP) is 0.882. The molecule has 2 heterocycles. The average Bonchev–Trinajstić information content (AvgIpc) is 2.74. The molecule has 0 amide bonds. The summed E-state index contributed by atoms with van der Waals surface area (Å²) < 4.78 is 5.33. The molecule has 13 heavy (non-hydrogen) atoms. The lowest BCUT2D eigenvalue weighted by molar-refractivity contribution is 0.186. The molecule has 1 saturated heterocycles. The molecule has 1 aromatic heterocycles. The normalized spacial score (nSPS) is 22.1. The molecule has 1 fully saturated rings. The molecule has 1 N–H and O–H groups in total. The fourth-order valence-corrected chi connectivity index (χ4v) is 1.67. The summed E-state index contributed by atoms with van der Waals surface area (Å²) in [5, 5.41) is 6.73. The number of nitrogens with one attached hydrogen (secondary N) is 1. The van der Waals surface area contributed by atoms with Crippen LogP contribution in [-0.2, 0) is 4.74 Å². The van der Waals surface area contributed by atoms with E-state index in [0.717, 1.165) is 25.4 Å². The zero-order chi connectivity index (χ0) is 9.10. The number of hydrogen-bond donors (Lipinski definition) is 1. The van der Waals surface area contributed by atoms with Crippen LogP contribution in [0.5, 0.6) is 0 Å². The molecule has 0 saturated carbocycles. The van der Waals surface area contributed by atoms with E-state index in [4.69, 9.17) is 4.74 Å². The maximum atomic E-state index is 5.33. The van der Waals surface area contributed by atoms with Crippen LogP contribution in [0.4, 0.5) is 5.69 Å². The van der Waals surface area contributed by atoms with Crippen molar-refractivity contribution in [2.45, 2.75) is 6.42 Å². The summed E-state index contributed by atoms with van der Waals surface area (Å²) in [6.45, 7) is 2.88. The highest BCUT2D eigenvalue weighted by Gasteiger charge is 2.17. The molecule has 4 heteroatoms. The van der Waals surface area contributed by atoms with E-state index in [1.54, 1.807) is 0 Å². The largest absolute Gasteiger partial charge is 0.381 e. The molecule has 1 aliphatic rings. The van der Waals surface area contributed by atoms with Gasteiger partial charge in [0, 0.05) is 32.3 Å². The summed E-state index contributed by atoms with van der Waals surface area (Å²) >= 11 is 0. The molecule has 0 aliphatic carbocycles. The van der Waals surface area contributed by atoms with Gasteiger partial charge in [-0.05, 0) is 6.42 Å². The highest BCUT2D eigenvalue weighted by Crippen LogP contribution is 2.16. The summed E-state index contributed by atoms with van der Waals surface area (Å²) in [5.74, 6) is 0.680. The number of anilines is 1. The van der Waals surface area contributed by atoms with Crippen LogP contribution in [0, 0.1) is 5.92 Å². The minimum absolute atomic E-state index is 0.680. The molecule has 0 radical (unpaired) electrons. The standard InChI is InChI=1S/C9H15N3O/c1-12(9-4-10-11-5-9)6-8-2-3-13-7-8/h4-5,8H,2-3,6-7H2,1H3,(H,10,11). The van der Waals surface area contributed by atoms with Gasteiger partial charge in [0.15, 0.2) is 0 Å². The van der Waals surface area contributed by atoms with E-state index >= 15 is 0 Å². The van der Waals surface area contributed by atoms with Crippen LogP contribution >= 0.6 is 0 Å². The van der Waals surface area contributed by atoms with Gasteiger partial charge in [-0.3, -0.25) is 5.10 Å². The first kappa shape index (κ1) is 8.56. The maximum absolute atomic E-state index is 5.33. The molecule has 0 bridgehead atoms. The Hall–Kier alpha value is -1.03. The van der Waals surface area contributed by atoms with Crippen molar-refractivity contribution in [3.05, 3.63) is 12.4 Å². The van der Waals surface area contributed by atoms with Crippen molar-refractivity contribution in [1.82, 2.24) is 10.2 Å². The molecule has 1 atom stereocenters. The molecule has 72 valence electrons. The number of nitrogens with zero attached hydrogens (tertiary/aromatic N) is 2. The summed E-state index contributed by atoms with van der Waals surface area (Å²) in [5.41, 5.74) is 1.15. The van der Waals surface area contributed by atoms with Crippen LogP contribution in [0.3, 0.4) is 0 Å². The Morgan fingerprint density at radius 2 is 2.69 bits per heavy atom. The van der Waals surface area contributed by atoms with Crippen molar-refractivity contribution in [2.75, 3.05) is 31.7 Å². The second-order valence-corrected chi connectivity index (χ2v) is 3.57. The third kappa shape index (κ3) is 2.01. The summed E-state index contributed by atoms with van der Waals surface area (Å²) in [6.07, 6.45) is 4.94. The first-order valence-electron chi connectivity index (χ1n) is 4.64. The number of H-pyrrole nitrogens is 1. The Bertz CT molecular complexity index is 241. The van der Waals surface area contributed by atoms with Crippen molar-refractivity contribution in [2.24, 2.45) is 5.92 Å². The molecule has 0 spiro atoms. The van der Waals surface area contributed by atoms with E-state index in [1.807, 2.05) is 12.4 Å². The van der Waals surface area contributed by atoms with Gasteiger partial charge in [0.1, 0.15) is 0 Å². The fraction of sp³-hybridized carbons (Fsp3) is 0.667. The fourth-order valence-electron chi connectivity index (χ4n) is 1.67. The van der Waals surface area contributed by atoms with Crippen LogP contribution in [-0.4, -0.2) is 37.0 Å². The maximum Gasteiger partial charge on any atom is 0.0747 e. The van der Waals surface area contributed by atoms with Gasteiger partial charge >= 0.3 is 0 Å². The van der Waals surface area contributed by atoms with Crippen LogP contribution < -0.4 is 4.90 Å². The Morgan fingerprint density at radius 1 is 1.77 bits per heavy atom. The van der Waals surface area contributed by atoms with E-state index in [2.05, 4.69) is 22.1 Å². The van der Waals surface area contributed by atoms with Gasteiger partial charge in [-0.1, -0.05) is 0 Å². The smallest absolute Gasteiger partial charge is 0.0747 e. The Labute approximate surface area is 77.9 Å². The van der Waals surface area contributed by atoms with Crippen molar-refractivity contribution < 1.29 is 4.74 Å². The lowest BCUT2D eigenvalue weighted by Crippen LogP contribution is -2.25. The lowest BCUT2D eigenvalue weighted by Gasteiger charge is -2.20.